The molecule has 0 amide bonds. The van der Waals surface area contributed by atoms with Gasteiger partial charge in [0.2, 0.25) is 19.2 Å². The number of nitriles is 1. The summed E-state index contributed by atoms with van der Waals surface area (Å²) in [6, 6.07) is 3.54. The lowest BCUT2D eigenvalue weighted by atomic mass is 9.91. The second-order valence-corrected chi connectivity index (χ2v) is 14.7. The fraction of sp³-hybridized carbons (Fsp3) is 0.633. The van der Waals surface area contributed by atoms with E-state index in [2.05, 4.69) is 26.0 Å². The number of esters is 2. The van der Waals surface area contributed by atoms with Crippen LogP contribution in [-0.2, 0) is 66.5 Å². The van der Waals surface area contributed by atoms with Crippen molar-refractivity contribution in [2.45, 2.75) is 91.5 Å². The van der Waals surface area contributed by atoms with Gasteiger partial charge in [0.25, 0.3) is 0 Å². The molecule has 2 N–H and O–H groups in total. The van der Waals surface area contributed by atoms with Gasteiger partial charge in [-0.05, 0) is 49.7 Å². The van der Waals surface area contributed by atoms with Crippen LogP contribution in [0.15, 0.2) is 16.9 Å². The molecule has 1 aliphatic heterocycles. The summed E-state index contributed by atoms with van der Waals surface area (Å²) >= 11 is 3.40. The van der Waals surface area contributed by atoms with Crippen molar-refractivity contribution < 1.29 is 70.5 Å². The van der Waals surface area contributed by atoms with Gasteiger partial charge >= 0.3 is 32.1 Å². The molecule has 2 aromatic heterocycles. The number of halogens is 1. The predicted molar refractivity (Wildman–Crippen MR) is 178 cm³/mol. The molecule has 1 fully saturated rings. The monoisotopic (exact) mass is 821 g/mol. The Morgan fingerprint density at radius 2 is 1.50 bits per heavy atom. The maximum Gasteiger partial charge on any atom is 0.510 e. The van der Waals surface area contributed by atoms with Crippen LogP contribution in [0.1, 0.15) is 61.1 Å². The van der Waals surface area contributed by atoms with Crippen LogP contribution in [0.2, 0.25) is 0 Å². The van der Waals surface area contributed by atoms with E-state index < -0.39 is 100 Å². The molecule has 0 aliphatic carbocycles. The molecule has 0 aromatic carbocycles. The second kappa shape index (κ2) is 18.1. The van der Waals surface area contributed by atoms with Gasteiger partial charge in [-0.15, -0.1) is 0 Å². The third-order valence-electron chi connectivity index (χ3n) is 6.75. The Kier molecular flexibility index (Phi) is 14.8. The first-order valence-corrected chi connectivity index (χ1v) is 18.1. The van der Waals surface area contributed by atoms with Crippen LogP contribution in [0.25, 0.3) is 5.52 Å². The molecule has 4 atom stereocenters. The molecule has 0 radical (unpaired) electrons. The molecule has 52 heavy (non-hydrogen) atoms. The number of hydrogen-bond acceptors (Lipinski definition) is 19. The SMILES string of the molecule is CC(C)OC(=O)OCOP(=O)(OCOC(=O)OC(C)C)OC[C@H]1O[C@@](C#N)(c2c(Br)cc3c(N)ncnn23)[C@H](OC(=O)C(C)C)[C@@H]1OC(=O)C(C)C. The van der Waals surface area contributed by atoms with Crippen LogP contribution in [0.5, 0.6) is 0 Å². The molecule has 20 nitrogen and oxygen atoms in total. The van der Waals surface area contributed by atoms with Gasteiger partial charge in [0, 0.05) is 4.47 Å². The first-order valence-electron chi connectivity index (χ1n) is 15.8. The number of hydrogen-bond donors (Lipinski definition) is 1. The lowest BCUT2D eigenvalue weighted by Gasteiger charge is -2.30. The second-order valence-electron chi connectivity index (χ2n) is 12.2. The Bertz CT molecular complexity index is 1660. The number of anilines is 1. The van der Waals surface area contributed by atoms with Crippen LogP contribution in [0.4, 0.5) is 15.4 Å². The average Bonchev–Trinajstić information content (AvgIpc) is 3.53. The van der Waals surface area contributed by atoms with Gasteiger partial charge in [-0.3, -0.25) is 14.1 Å². The Morgan fingerprint density at radius 1 is 0.962 bits per heavy atom. The van der Waals surface area contributed by atoms with Crippen LogP contribution in [-0.4, -0.2) is 89.6 Å². The fourth-order valence-corrected chi connectivity index (χ4v) is 6.00. The van der Waals surface area contributed by atoms with E-state index in [0.29, 0.717) is 0 Å². The van der Waals surface area contributed by atoms with Crippen molar-refractivity contribution in [2.24, 2.45) is 11.8 Å². The maximum atomic E-state index is 13.8. The number of phosphoric acid groups is 1. The lowest BCUT2D eigenvalue weighted by Crippen LogP contribution is -2.47. The van der Waals surface area contributed by atoms with Gasteiger partial charge in [0.15, 0.2) is 18.0 Å². The van der Waals surface area contributed by atoms with E-state index in [9.17, 15) is 29.0 Å². The van der Waals surface area contributed by atoms with Crippen LogP contribution in [0, 0.1) is 23.2 Å². The van der Waals surface area contributed by atoms with Crippen molar-refractivity contribution in [1.82, 2.24) is 14.6 Å². The lowest BCUT2D eigenvalue weighted by molar-refractivity contribution is -0.173. The minimum atomic E-state index is -4.89. The molecule has 0 spiro atoms. The Morgan fingerprint density at radius 3 is 2.00 bits per heavy atom. The zero-order valence-electron chi connectivity index (χ0n) is 29.6. The molecule has 0 unspecified atom stereocenters. The molecule has 0 bridgehead atoms. The molecule has 22 heteroatoms. The summed E-state index contributed by atoms with van der Waals surface area (Å²) in [6.45, 7) is 9.48. The summed E-state index contributed by atoms with van der Waals surface area (Å²) in [5.41, 5.74) is 3.97. The van der Waals surface area contributed by atoms with E-state index in [4.69, 9.17) is 52.5 Å². The summed E-state index contributed by atoms with van der Waals surface area (Å²) in [6.07, 6.45) is -7.21. The maximum absolute atomic E-state index is 13.8. The highest BCUT2D eigenvalue weighted by Crippen LogP contribution is 2.52. The van der Waals surface area contributed by atoms with Gasteiger partial charge in [0.05, 0.1) is 30.7 Å². The molecule has 0 saturated carbocycles. The van der Waals surface area contributed by atoms with E-state index in [1.165, 1.54) is 24.4 Å². The predicted octanol–water partition coefficient (Wildman–Crippen LogP) is 4.52. The number of aromatic nitrogens is 3. The van der Waals surface area contributed by atoms with E-state index in [1.807, 2.05) is 6.07 Å². The fourth-order valence-electron chi connectivity index (χ4n) is 4.40. The minimum absolute atomic E-state index is 0.0284. The Labute approximate surface area is 307 Å². The van der Waals surface area contributed by atoms with E-state index in [0.717, 1.165) is 6.33 Å². The van der Waals surface area contributed by atoms with Crippen molar-refractivity contribution in [3.05, 3.63) is 22.6 Å². The molecule has 1 aliphatic rings. The molecular weight excluding hydrogens is 781 g/mol. The third kappa shape index (κ3) is 10.5. The number of nitrogen functional groups attached to an aromatic ring is 1. The molecule has 2 aromatic rings. The number of fused-ring (bicyclic) bond motifs is 1. The standard InChI is InChI=1S/C30H41BrN5O15P/c1-15(2)26(37)49-22-21(10-44-52(41,45-13-42-28(39)47-17(5)6)46-14-43-29(40)48-18(7)8)51-30(11-32,24(22)50-27(38)16(3)4)23-19(31)9-20-25(33)34-12-35-36(20)23/h9,12,15-18,21-22,24H,10,13-14H2,1-8H3,(H2,33,34,35)/t21-,22-,24-,30+/m1/s1. The molecule has 3 heterocycles. The van der Waals surface area contributed by atoms with Gasteiger partial charge < -0.3 is 38.9 Å². The van der Waals surface area contributed by atoms with E-state index >= 15 is 0 Å². The highest BCUT2D eigenvalue weighted by Gasteiger charge is 2.63. The van der Waals surface area contributed by atoms with Crippen LogP contribution < -0.4 is 5.73 Å². The molecule has 288 valence electrons. The Balaban J connectivity index is 2.06. The largest absolute Gasteiger partial charge is 0.510 e. The first-order chi connectivity index (χ1) is 24.3. The normalized spacial score (nSPS) is 20.3. The van der Waals surface area contributed by atoms with Crippen LogP contribution in [0.3, 0.4) is 0 Å². The number of nitrogens with two attached hydrogens (primary N) is 1. The Hall–Kier alpha value is -4.06. The number of ether oxygens (including phenoxy) is 7. The van der Waals surface area contributed by atoms with Crippen molar-refractivity contribution in [3.63, 3.8) is 0 Å². The van der Waals surface area contributed by atoms with Gasteiger partial charge in [0.1, 0.15) is 29.7 Å². The number of carbonyl (C=O) groups is 4. The van der Waals surface area contributed by atoms with Gasteiger partial charge in [-0.25, -0.2) is 32.7 Å². The quantitative estimate of drug-likeness (QED) is 0.106. The highest BCUT2D eigenvalue weighted by atomic mass is 79.9. The van der Waals surface area contributed by atoms with Gasteiger partial charge in [-0.2, -0.15) is 10.4 Å². The molecule has 3 rings (SSSR count). The number of phosphoric ester groups is 1. The van der Waals surface area contributed by atoms with E-state index in [1.54, 1.807) is 41.5 Å². The summed E-state index contributed by atoms with van der Waals surface area (Å²) in [5, 5.41) is 15.1. The number of carbonyl (C=O) groups excluding carboxylic acids is 4. The number of nitrogens with zero attached hydrogens (tertiary/aromatic N) is 4. The topological polar surface area (TPSA) is 258 Å². The summed E-state index contributed by atoms with van der Waals surface area (Å²) in [7, 11) is -4.89. The molecule has 1 saturated heterocycles. The smallest absolute Gasteiger partial charge is 0.455 e. The van der Waals surface area contributed by atoms with E-state index in [-0.39, 0.29) is 21.5 Å². The minimum Gasteiger partial charge on any atom is -0.455 e. The van der Waals surface area contributed by atoms with Crippen molar-refractivity contribution in [3.8, 4) is 6.07 Å². The average molecular weight is 823 g/mol. The van der Waals surface area contributed by atoms with Crippen molar-refractivity contribution in [2.75, 3.05) is 25.9 Å². The highest BCUT2D eigenvalue weighted by molar-refractivity contribution is 9.10. The third-order valence-corrected chi connectivity index (χ3v) is 8.66. The van der Waals surface area contributed by atoms with Crippen LogP contribution >= 0.6 is 23.8 Å². The van der Waals surface area contributed by atoms with Crippen molar-refractivity contribution >= 4 is 59.3 Å². The summed E-state index contributed by atoms with van der Waals surface area (Å²) < 4.78 is 68.1. The van der Waals surface area contributed by atoms with Crippen molar-refractivity contribution in [1.29, 1.82) is 5.26 Å². The van der Waals surface area contributed by atoms with Gasteiger partial charge in [-0.1, -0.05) is 27.7 Å². The number of rotatable bonds is 16. The first kappa shape index (κ1) is 42.4. The summed E-state index contributed by atoms with van der Waals surface area (Å²) in [4.78, 5) is 54.0. The zero-order chi connectivity index (χ0) is 39.0. The zero-order valence-corrected chi connectivity index (χ0v) is 32.1. The summed E-state index contributed by atoms with van der Waals surface area (Å²) in [5.74, 6) is -2.98. The molecular formula is C30H41BrN5O15P.